The third kappa shape index (κ3) is 3.17. The van der Waals surface area contributed by atoms with E-state index in [9.17, 15) is 4.79 Å². The molecule has 128 valence electrons. The Morgan fingerprint density at radius 3 is 2.65 bits per heavy atom. The summed E-state index contributed by atoms with van der Waals surface area (Å²) in [6.07, 6.45) is 0. The second-order valence-corrected chi connectivity index (χ2v) is 5.89. The lowest BCUT2D eigenvalue weighted by molar-refractivity contribution is 0.0948. The van der Waals surface area contributed by atoms with Gasteiger partial charge < -0.3 is 9.84 Å². The first-order valence-corrected chi connectivity index (χ1v) is 8.23. The van der Waals surface area contributed by atoms with Crippen molar-refractivity contribution in [2.24, 2.45) is 0 Å². The van der Waals surface area contributed by atoms with E-state index in [0.29, 0.717) is 17.3 Å². The molecule has 26 heavy (non-hydrogen) atoms. The molecule has 1 N–H and O–H groups in total. The van der Waals surface area contributed by atoms with Crippen molar-refractivity contribution >= 4 is 16.8 Å². The van der Waals surface area contributed by atoms with E-state index in [4.69, 9.17) is 4.52 Å². The highest BCUT2D eigenvalue weighted by atomic mass is 16.5. The molecule has 2 aromatic heterocycles. The predicted octanol–water partition coefficient (Wildman–Crippen LogP) is 3.52. The molecule has 0 bridgehead atoms. The smallest absolute Gasteiger partial charge is 0.252 e. The molecule has 0 unspecified atom stereocenters. The molecule has 4 rings (SSSR count). The Balaban J connectivity index is 1.52. The second-order valence-electron chi connectivity index (χ2n) is 5.89. The number of rotatable bonds is 4. The van der Waals surface area contributed by atoms with Crippen molar-refractivity contribution in [3.8, 4) is 11.4 Å². The Bertz CT molecular complexity index is 1070. The van der Waals surface area contributed by atoms with Crippen molar-refractivity contribution in [3.63, 3.8) is 0 Å². The van der Waals surface area contributed by atoms with Gasteiger partial charge in [0.1, 0.15) is 0 Å². The van der Waals surface area contributed by atoms with E-state index in [1.807, 2.05) is 61.5 Å². The maximum atomic E-state index is 12.6. The maximum Gasteiger partial charge on any atom is 0.252 e. The van der Waals surface area contributed by atoms with E-state index in [0.717, 1.165) is 22.2 Å². The fraction of sp³-hybridized carbons (Fsp3) is 0.100. The Morgan fingerprint density at radius 2 is 1.81 bits per heavy atom. The van der Waals surface area contributed by atoms with Crippen LogP contribution in [0.4, 0.5) is 0 Å². The molecule has 1 amide bonds. The van der Waals surface area contributed by atoms with Crippen LogP contribution in [0.2, 0.25) is 0 Å². The number of hydrogen-bond donors (Lipinski definition) is 1. The zero-order valence-electron chi connectivity index (χ0n) is 14.1. The number of carbonyl (C=O) groups excluding carboxylic acids is 1. The van der Waals surface area contributed by atoms with E-state index < -0.39 is 0 Å². The molecule has 6 nitrogen and oxygen atoms in total. The molecule has 0 saturated carbocycles. The lowest BCUT2D eigenvalue weighted by Gasteiger charge is -2.07. The number of amides is 1. The van der Waals surface area contributed by atoms with Gasteiger partial charge in [0.15, 0.2) is 0 Å². The molecular formula is C20H16N4O2. The predicted molar refractivity (Wildman–Crippen MR) is 97.4 cm³/mol. The van der Waals surface area contributed by atoms with Gasteiger partial charge in [-0.15, -0.1) is 0 Å². The van der Waals surface area contributed by atoms with E-state index in [2.05, 4.69) is 20.4 Å². The first kappa shape index (κ1) is 16.0. The molecule has 4 aromatic rings. The van der Waals surface area contributed by atoms with Gasteiger partial charge in [0.2, 0.25) is 11.7 Å². The zero-order valence-corrected chi connectivity index (χ0v) is 14.1. The van der Waals surface area contributed by atoms with E-state index in [1.165, 1.54) is 0 Å². The number of fused-ring (bicyclic) bond motifs is 1. The van der Waals surface area contributed by atoms with Gasteiger partial charge in [0.25, 0.3) is 5.91 Å². The summed E-state index contributed by atoms with van der Waals surface area (Å²) in [7, 11) is 0. The van der Waals surface area contributed by atoms with Gasteiger partial charge in [0, 0.05) is 16.6 Å². The van der Waals surface area contributed by atoms with Crippen LogP contribution in [-0.4, -0.2) is 21.0 Å². The standard InChI is InChI=1S/C20H16N4O2/c1-13-11-16(15-9-5-6-10-17(15)22-13)20(25)21-12-18-23-19(24-26-18)14-7-3-2-4-8-14/h2-11H,12H2,1H3,(H,21,25). The van der Waals surface area contributed by atoms with Gasteiger partial charge in [-0.2, -0.15) is 4.98 Å². The van der Waals surface area contributed by atoms with E-state index >= 15 is 0 Å². The van der Waals surface area contributed by atoms with Crippen LogP contribution in [0.1, 0.15) is 21.9 Å². The number of nitrogens with zero attached hydrogens (tertiary/aromatic N) is 3. The molecule has 2 heterocycles. The zero-order chi connectivity index (χ0) is 17.9. The second kappa shape index (κ2) is 6.76. The number of pyridine rings is 1. The number of benzene rings is 2. The van der Waals surface area contributed by atoms with Crippen LogP contribution in [-0.2, 0) is 6.54 Å². The summed E-state index contributed by atoms with van der Waals surface area (Å²) in [5, 5.41) is 7.60. The Labute approximate surface area is 149 Å². The minimum atomic E-state index is -0.203. The molecule has 0 spiro atoms. The number of aryl methyl sites for hydroxylation is 1. The third-order valence-electron chi connectivity index (χ3n) is 3.99. The van der Waals surface area contributed by atoms with E-state index in [-0.39, 0.29) is 12.5 Å². The maximum absolute atomic E-state index is 12.6. The number of aromatic nitrogens is 3. The van der Waals surface area contributed by atoms with Gasteiger partial charge in [-0.05, 0) is 19.1 Å². The number of hydrogen-bond acceptors (Lipinski definition) is 5. The molecule has 2 aromatic carbocycles. The SMILES string of the molecule is Cc1cc(C(=O)NCc2nc(-c3ccccc3)no2)c2ccccc2n1. The van der Waals surface area contributed by atoms with Gasteiger partial charge in [0.05, 0.1) is 17.6 Å². The van der Waals surface area contributed by atoms with Crippen LogP contribution in [0, 0.1) is 6.92 Å². The molecule has 0 atom stereocenters. The highest BCUT2D eigenvalue weighted by molar-refractivity contribution is 6.06. The number of carbonyl (C=O) groups is 1. The molecule has 0 aliphatic carbocycles. The minimum absolute atomic E-state index is 0.161. The third-order valence-corrected chi connectivity index (χ3v) is 3.99. The van der Waals surface area contributed by atoms with Crippen LogP contribution in [0.5, 0.6) is 0 Å². The highest BCUT2D eigenvalue weighted by Crippen LogP contribution is 2.18. The average molecular weight is 344 g/mol. The van der Waals surface area contributed by atoms with Crippen molar-refractivity contribution in [2.75, 3.05) is 0 Å². The number of para-hydroxylation sites is 1. The topological polar surface area (TPSA) is 80.9 Å². The lowest BCUT2D eigenvalue weighted by atomic mass is 10.1. The molecular weight excluding hydrogens is 328 g/mol. The van der Waals surface area contributed by atoms with Crippen LogP contribution in [0.15, 0.2) is 65.2 Å². The van der Waals surface area contributed by atoms with Crippen LogP contribution in [0.3, 0.4) is 0 Å². The Hall–Kier alpha value is -3.54. The molecule has 0 aliphatic rings. The average Bonchev–Trinajstić information content (AvgIpc) is 3.15. The summed E-state index contributed by atoms with van der Waals surface area (Å²) in [6, 6.07) is 18.9. The van der Waals surface area contributed by atoms with Crippen molar-refractivity contribution in [2.45, 2.75) is 13.5 Å². The molecule has 0 fully saturated rings. The summed E-state index contributed by atoms with van der Waals surface area (Å²) >= 11 is 0. The largest absolute Gasteiger partial charge is 0.343 e. The molecule has 0 saturated heterocycles. The molecule has 0 radical (unpaired) electrons. The summed E-state index contributed by atoms with van der Waals surface area (Å²) in [5.41, 5.74) is 3.03. The normalized spacial score (nSPS) is 10.8. The number of nitrogens with one attached hydrogen (secondary N) is 1. The summed E-state index contributed by atoms with van der Waals surface area (Å²) in [6.45, 7) is 2.03. The Kier molecular flexibility index (Phi) is 4.15. The molecule has 0 aliphatic heterocycles. The summed E-state index contributed by atoms with van der Waals surface area (Å²) in [4.78, 5) is 21.4. The van der Waals surface area contributed by atoms with Gasteiger partial charge in [-0.3, -0.25) is 9.78 Å². The van der Waals surface area contributed by atoms with E-state index in [1.54, 1.807) is 6.07 Å². The van der Waals surface area contributed by atoms with Gasteiger partial charge in [-0.25, -0.2) is 0 Å². The van der Waals surface area contributed by atoms with Gasteiger partial charge in [-0.1, -0.05) is 53.7 Å². The van der Waals surface area contributed by atoms with Gasteiger partial charge >= 0.3 is 0 Å². The van der Waals surface area contributed by atoms with Crippen LogP contribution < -0.4 is 5.32 Å². The van der Waals surface area contributed by atoms with Crippen LogP contribution in [0.25, 0.3) is 22.3 Å². The summed E-state index contributed by atoms with van der Waals surface area (Å²) < 4.78 is 5.23. The van der Waals surface area contributed by atoms with Crippen molar-refractivity contribution in [1.82, 2.24) is 20.4 Å². The molecule has 6 heteroatoms. The van der Waals surface area contributed by atoms with Crippen molar-refractivity contribution in [3.05, 3.63) is 77.8 Å². The van der Waals surface area contributed by atoms with Crippen LogP contribution >= 0.6 is 0 Å². The van der Waals surface area contributed by atoms with Crippen molar-refractivity contribution in [1.29, 1.82) is 0 Å². The summed E-state index contributed by atoms with van der Waals surface area (Å²) in [5.74, 6) is 0.651. The fourth-order valence-electron chi connectivity index (χ4n) is 2.78. The minimum Gasteiger partial charge on any atom is -0.343 e. The monoisotopic (exact) mass is 344 g/mol. The first-order chi connectivity index (χ1) is 12.7. The lowest BCUT2D eigenvalue weighted by Crippen LogP contribution is -2.23. The quantitative estimate of drug-likeness (QED) is 0.612. The Morgan fingerprint density at radius 1 is 1.04 bits per heavy atom. The van der Waals surface area contributed by atoms with Crippen molar-refractivity contribution < 1.29 is 9.32 Å². The fourth-order valence-corrected chi connectivity index (χ4v) is 2.78. The highest BCUT2D eigenvalue weighted by Gasteiger charge is 2.14. The first-order valence-electron chi connectivity index (χ1n) is 8.23.